The van der Waals surface area contributed by atoms with Crippen molar-refractivity contribution >= 4 is 56.9 Å². The van der Waals surface area contributed by atoms with Crippen molar-refractivity contribution in [1.29, 1.82) is 0 Å². The van der Waals surface area contributed by atoms with E-state index < -0.39 is 29.6 Å². The third-order valence-electron chi connectivity index (χ3n) is 4.63. The average Bonchev–Trinajstić information content (AvgIpc) is 3.04. The van der Waals surface area contributed by atoms with Gasteiger partial charge in [-0.2, -0.15) is 0 Å². The van der Waals surface area contributed by atoms with Crippen LogP contribution < -0.4 is 9.47 Å². The Balaban J connectivity index is 1.78. The van der Waals surface area contributed by atoms with Crippen LogP contribution in [0.3, 0.4) is 0 Å². The van der Waals surface area contributed by atoms with E-state index >= 15 is 0 Å². The molecule has 0 aromatic heterocycles. The van der Waals surface area contributed by atoms with Crippen molar-refractivity contribution in [2.75, 3.05) is 13.7 Å². The van der Waals surface area contributed by atoms with Gasteiger partial charge in [0, 0.05) is 0 Å². The molecule has 1 fully saturated rings. The lowest BCUT2D eigenvalue weighted by Gasteiger charge is -2.14. The number of halogens is 1. The minimum atomic E-state index is -1.03. The van der Waals surface area contributed by atoms with Crippen LogP contribution in [0.15, 0.2) is 45.8 Å². The molecule has 11 heteroatoms. The number of carbonyl (C=O) groups excluding carboxylic acids is 3. The Labute approximate surface area is 214 Å². The Kier molecular flexibility index (Phi) is 8.57. The summed E-state index contributed by atoms with van der Waals surface area (Å²) in [5, 5.41) is 8.59. The number of thioether (sulfide) groups is 1. The number of esters is 1. The molecule has 0 atom stereocenters. The highest BCUT2D eigenvalue weighted by molar-refractivity contribution is 9.10. The van der Waals surface area contributed by atoms with Gasteiger partial charge in [-0.05, 0) is 83.0 Å². The highest BCUT2D eigenvalue weighted by Crippen LogP contribution is 2.39. The number of carboxylic acids is 1. The summed E-state index contributed by atoms with van der Waals surface area (Å²) in [5.74, 6) is -1.54. The molecule has 3 rings (SSSR count). The number of hydrogen-bond acceptors (Lipinski definition) is 8. The van der Waals surface area contributed by atoms with E-state index in [0.717, 1.165) is 16.7 Å². The van der Waals surface area contributed by atoms with Gasteiger partial charge in [-0.3, -0.25) is 19.3 Å². The number of methoxy groups -OCH3 is 1. The second-order valence-electron chi connectivity index (χ2n) is 7.63. The number of benzene rings is 2. The summed E-state index contributed by atoms with van der Waals surface area (Å²) in [6.45, 7) is 3.00. The van der Waals surface area contributed by atoms with Crippen molar-refractivity contribution in [3.8, 4) is 11.5 Å². The van der Waals surface area contributed by atoms with Crippen LogP contribution in [0.5, 0.6) is 11.5 Å². The number of imide groups is 1. The molecule has 0 radical (unpaired) electrons. The van der Waals surface area contributed by atoms with Gasteiger partial charge in [0.1, 0.15) is 13.2 Å². The maximum absolute atomic E-state index is 12.7. The predicted molar refractivity (Wildman–Crippen MR) is 132 cm³/mol. The first-order valence-corrected chi connectivity index (χ1v) is 12.0. The lowest BCUT2D eigenvalue weighted by atomic mass is 10.1. The van der Waals surface area contributed by atoms with E-state index in [1.807, 2.05) is 0 Å². The van der Waals surface area contributed by atoms with Crippen molar-refractivity contribution in [1.82, 2.24) is 4.90 Å². The normalized spacial score (nSPS) is 14.5. The molecule has 1 aliphatic heterocycles. The fraction of sp³-hybridized carbons (Fsp3) is 0.250. The Hall–Kier alpha value is -3.31. The molecule has 1 N–H and O–H groups in total. The van der Waals surface area contributed by atoms with Crippen LogP contribution >= 0.6 is 27.7 Å². The second-order valence-corrected chi connectivity index (χ2v) is 9.48. The van der Waals surface area contributed by atoms with Crippen LogP contribution in [0.1, 0.15) is 35.3 Å². The van der Waals surface area contributed by atoms with Crippen LogP contribution in [-0.4, -0.2) is 52.8 Å². The molecule has 2 amide bonds. The Morgan fingerprint density at radius 3 is 2.60 bits per heavy atom. The summed E-state index contributed by atoms with van der Waals surface area (Å²) in [6.07, 6.45) is 1.16. The van der Waals surface area contributed by atoms with E-state index in [4.69, 9.17) is 19.3 Å². The van der Waals surface area contributed by atoms with Gasteiger partial charge in [0.15, 0.2) is 11.5 Å². The molecule has 9 nitrogen and oxygen atoms in total. The van der Waals surface area contributed by atoms with Gasteiger partial charge in [0.2, 0.25) is 0 Å². The summed E-state index contributed by atoms with van der Waals surface area (Å²) >= 11 is 4.16. The van der Waals surface area contributed by atoms with Crippen LogP contribution in [0.25, 0.3) is 6.08 Å². The molecule has 0 unspecified atom stereocenters. The molecule has 2 aromatic carbocycles. The van der Waals surface area contributed by atoms with Crippen molar-refractivity contribution in [3.63, 3.8) is 0 Å². The number of carbonyl (C=O) groups is 4. The Bertz CT molecular complexity index is 1210. The lowest BCUT2D eigenvalue weighted by molar-refractivity contribution is -0.149. The minimum absolute atomic E-state index is 0.0980. The third kappa shape index (κ3) is 6.64. The molecular formula is C24H22BrNO8S. The van der Waals surface area contributed by atoms with Gasteiger partial charge in [0.25, 0.3) is 11.1 Å². The molecule has 0 spiro atoms. The van der Waals surface area contributed by atoms with Gasteiger partial charge in [-0.15, -0.1) is 0 Å². The highest BCUT2D eigenvalue weighted by atomic mass is 79.9. The summed E-state index contributed by atoms with van der Waals surface area (Å²) in [5.41, 5.74) is 1.37. The second kappa shape index (κ2) is 11.4. The smallest absolute Gasteiger partial charge is 0.335 e. The zero-order valence-corrected chi connectivity index (χ0v) is 21.5. The first-order chi connectivity index (χ1) is 16.6. The molecule has 0 saturated carbocycles. The summed E-state index contributed by atoms with van der Waals surface area (Å²) in [6, 6.07) is 9.71. The molecular weight excluding hydrogens is 542 g/mol. The van der Waals surface area contributed by atoms with Gasteiger partial charge in [0.05, 0.1) is 28.2 Å². The fourth-order valence-electron chi connectivity index (χ4n) is 3.13. The van der Waals surface area contributed by atoms with Gasteiger partial charge in [-0.1, -0.05) is 12.1 Å². The van der Waals surface area contributed by atoms with Crippen LogP contribution in [0.2, 0.25) is 0 Å². The summed E-state index contributed by atoms with van der Waals surface area (Å²) < 4.78 is 16.8. The third-order valence-corrected chi connectivity index (χ3v) is 6.13. The number of aromatic carboxylic acids is 1. The number of amides is 2. The minimum Gasteiger partial charge on any atom is -0.493 e. The molecule has 184 valence electrons. The van der Waals surface area contributed by atoms with Crippen LogP contribution in [0.4, 0.5) is 4.79 Å². The molecule has 2 aromatic rings. The molecule has 1 saturated heterocycles. The molecule has 0 aliphatic carbocycles. The zero-order chi connectivity index (χ0) is 25.7. The summed E-state index contributed by atoms with van der Waals surface area (Å²) in [7, 11) is 1.46. The topological polar surface area (TPSA) is 119 Å². The van der Waals surface area contributed by atoms with E-state index in [-0.39, 0.29) is 23.2 Å². The van der Waals surface area contributed by atoms with Crippen molar-refractivity contribution in [3.05, 3.63) is 62.5 Å². The quantitative estimate of drug-likeness (QED) is 0.341. The van der Waals surface area contributed by atoms with Crippen molar-refractivity contribution in [2.24, 2.45) is 0 Å². The number of rotatable bonds is 9. The largest absolute Gasteiger partial charge is 0.493 e. The maximum Gasteiger partial charge on any atom is 0.335 e. The molecule has 1 aliphatic rings. The van der Waals surface area contributed by atoms with E-state index in [2.05, 4.69) is 15.9 Å². The summed E-state index contributed by atoms with van der Waals surface area (Å²) in [4.78, 5) is 49.0. The first kappa shape index (κ1) is 26.3. The molecule has 0 bridgehead atoms. The number of carboxylic acid groups (broad SMARTS) is 1. The SMILES string of the molecule is COc1cc(/C=C2/SC(=O)N(CC(=O)OC(C)C)C2=O)cc(Br)c1OCc1cccc(C(=O)O)c1. The van der Waals surface area contributed by atoms with E-state index in [1.54, 1.807) is 38.1 Å². The van der Waals surface area contributed by atoms with Gasteiger partial charge >= 0.3 is 11.9 Å². The van der Waals surface area contributed by atoms with Gasteiger partial charge < -0.3 is 19.3 Å². The molecule has 1 heterocycles. The van der Waals surface area contributed by atoms with Crippen LogP contribution in [-0.2, 0) is 20.9 Å². The van der Waals surface area contributed by atoms with Crippen LogP contribution in [0, 0.1) is 0 Å². The standard InChI is InChI=1S/C24H22BrNO8S/c1-13(2)34-20(27)11-26-22(28)19(35-24(26)31)10-15-8-17(25)21(18(9-15)32-3)33-12-14-5-4-6-16(7-14)23(29)30/h4-10,13H,11-12H2,1-3H3,(H,29,30)/b19-10+. The fourth-order valence-corrected chi connectivity index (χ4v) is 4.54. The average molecular weight is 564 g/mol. The highest BCUT2D eigenvalue weighted by Gasteiger charge is 2.36. The zero-order valence-electron chi connectivity index (χ0n) is 19.1. The lowest BCUT2D eigenvalue weighted by Crippen LogP contribution is -2.35. The van der Waals surface area contributed by atoms with Crippen molar-refractivity contribution in [2.45, 2.75) is 26.6 Å². The number of ether oxygens (including phenoxy) is 3. The first-order valence-electron chi connectivity index (χ1n) is 10.4. The maximum atomic E-state index is 12.7. The molecule has 35 heavy (non-hydrogen) atoms. The monoisotopic (exact) mass is 563 g/mol. The Morgan fingerprint density at radius 1 is 1.20 bits per heavy atom. The van der Waals surface area contributed by atoms with Crippen molar-refractivity contribution < 1.29 is 38.5 Å². The Morgan fingerprint density at radius 2 is 1.94 bits per heavy atom. The predicted octanol–water partition coefficient (Wildman–Crippen LogP) is 4.72. The number of hydrogen-bond donors (Lipinski definition) is 1. The van der Waals surface area contributed by atoms with Gasteiger partial charge in [-0.25, -0.2) is 4.79 Å². The van der Waals surface area contributed by atoms with E-state index in [9.17, 15) is 19.2 Å². The number of nitrogens with zero attached hydrogens (tertiary/aromatic N) is 1. The van der Waals surface area contributed by atoms with E-state index in [0.29, 0.717) is 27.1 Å². The van der Waals surface area contributed by atoms with E-state index in [1.165, 1.54) is 25.3 Å².